The third kappa shape index (κ3) is 5.89. The van der Waals surface area contributed by atoms with E-state index in [1.807, 2.05) is 42.6 Å². The Balaban J connectivity index is 0.000000238. The minimum Gasteiger partial charge on any atom is -0.500 e. The predicted molar refractivity (Wildman–Crippen MR) is 199 cm³/mol. The Morgan fingerprint density at radius 1 is 0.723 bits per heavy atom. The van der Waals surface area contributed by atoms with Gasteiger partial charge in [-0.2, -0.15) is 0 Å². The van der Waals surface area contributed by atoms with E-state index in [4.69, 9.17) is 12.6 Å². The van der Waals surface area contributed by atoms with Crippen LogP contribution in [-0.2, 0) is 20.1 Å². The molecular formula is C41H38IrN2OSi2-2. The van der Waals surface area contributed by atoms with E-state index in [2.05, 4.69) is 97.3 Å². The van der Waals surface area contributed by atoms with Crippen molar-refractivity contribution in [2.75, 3.05) is 0 Å². The maximum Gasteiger partial charge on any atom is 0.128 e. The summed E-state index contributed by atoms with van der Waals surface area (Å²) in [5.41, 5.74) is 6.03. The zero-order valence-electron chi connectivity index (χ0n) is 33.0. The number of aromatic nitrogens is 2. The molecule has 4 heterocycles. The molecule has 1 aliphatic heterocycles. The number of nitrogens with zero attached hydrogens (tertiary/aromatic N) is 2. The van der Waals surface area contributed by atoms with Gasteiger partial charge in [-0.15, -0.1) is 54.1 Å². The topological polar surface area (TPSA) is 38.9 Å². The summed E-state index contributed by atoms with van der Waals surface area (Å²) >= 11 is 0. The van der Waals surface area contributed by atoms with Crippen LogP contribution in [0.25, 0.3) is 55.6 Å². The van der Waals surface area contributed by atoms with Crippen molar-refractivity contribution >= 4 is 53.6 Å². The largest absolute Gasteiger partial charge is 0.500 e. The molecule has 0 aliphatic carbocycles. The van der Waals surface area contributed by atoms with Gasteiger partial charge in [0.05, 0.1) is 13.7 Å². The zero-order valence-corrected chi connectivity index (χ0v) is 31.3. The molecule has 0 amide bonds. The molecule has 0 saturated heterocycles. The van der Waals surface area contributed by atoms with Gasteiger partial charge in [0.25, 0.3) is 0 Å². The van der Waals surface area contributed by atoms with Gasteiger partial charge >= 0.3 is 0 Å². The normalized spacial score (nSPS) is 15.4. The van der Waals surface area contributed by atoms with Crippen LogP contribution in [0.4, 0.5) is 0 Å². The Hall–Kier alpha value is -3.94. The van der Waals surface area contributed by atoms with Crippen molar-refractivity contribution in [2.45, 2.75) is 46.4 Å². The van der Waals surface area contributed by atoms with Crippen LogP contribution in [0, 0.1) is 25.8 Å². The number of hydrogen-bond acceptors (Lipinski definition) is 3. The summed E-state index contributed by atoms with van der Waals surface area (Å²) in [6.45, 7) is 6.49. The second-order valence-electron chi connectivity index (χ2n) is 13.3. The molecule has 0 unspecified atom stereocenters. The summed E-state index contributed by atoms with van der Waals surface area (Å²) in [6.07, 6.45) is 3.16. The monoisotopic (exact) mass is 829 g/mol. The molecule has 0 fully saturated rings. The van der Waals surface area contributed by atoms with Crippen LogP contribution in [0.1, 0.15) is 19.4 Å². The van der Waals surface area contributed by atoms with Gasteiger partial charge in [0.15, 0.2) is 0 Å². The smallest absolute Gasteiger partial charge is 0.128 e. The van der Waals surface area contributed by atoms with Crippen molar-refractivity contribution < 1.29 is 32.7 Å². The second kappa shape index (κ2) is 12.6. The molecule has 3 aromatic heterocycles. The first kappa shape index (κ1) is 26.1. The molecule has 0 atom stereocenters. The molecule has 0 saturated carbocycles. The van der Waals surface area contributed by atoms with Crippen molar-refractivity contribution in [3.05, 3.63) is 127 Å². The molecule has 237 valence electrons. The van der Waals surface area contributed by atoms with E-state index in [9.17, 15) is 0 Å². The van der Waals surface area contributed by atoms with E-state index in [1.165, 1.54) is 27.2 Å². The molecule has 4 aromatic carbocycles. The van der Waals surface area contributed by atoms with Gasteiger partial charge in [-0.25, -0.2) is 0 Å². The fourth-order valence-electron chi connectivity index (χ4n) is 6.32. The van der Waals surface area contributed by atoms with Gasteiger partial charge in [0, 0.05) is 51.7 Å². The Labute approximate surface area is 301 Å². The Kier molecular flexibility index (Phi) is 6.98. The number of hydrogen-bond donors (Lipinski definition) is 0. The van der Waals surface area contributed by atoms with Crippen LogP contribution in [0.5, 0.6) is 0 Å². The molecule has 6 heteroatoms. The molecule has 0 bridgehead atoms. The molecule has 47 heavy (non-hydrogen) atoms. The van der Waals surface area contributed by atoms with E-state index in [-0.39, 0.29) is 31.2 Å². The fourth-order valence-corrected chi connectivity index (χ4v) is 10.4. The van der Waals surface area contributed by atoms with Crippen LogP contribution in [-0.4, -0.2) is 26.1 Å². The van der Waals surface area contributed by atoms with Crippen LogP contribution in [0.3, 0.4) is 0 Å². The maximum absolute atomic E-state index is 7.92. The van der Waals surface area contributed by atoms with E-state index < -0.39 is 29.9 Å². The third-order valence-electron chi connectivity index (χ3n) is 8.92. The van der Waals surface area contributed by atoms with Crippen molar-refractivity contribution in [3.63, 3.8) is 0 Å². The molecule has 8 rings (SSSR count). The zero-order chi connectivity index (χ0) is 37.2. The molecule has 3 nitrogen and oxygen atoms in total. The van der Waals surface area contributed by atoms with Crippen LogP contribution in [0.15, 0.2) is 108 Å². The minimum absolute atomic E-state index is 0. The van der Waals surface area contributed by atoms with Gasteiger partial charge in [-0.05, 0) is 51.8 Å². The fraction of sp³-hybridized carbons (Fsp3) is 0.171. The molecule has 0 spiro atoms. The molecule has 1 aliphatic rings. The van der Waals surface area contributed by atoms with Crippen molar-refractivity contribution in [1.29, 1.82) is 0 Å². The number of aryl methyl sites for hydroxylation is 2. The summed E-state index contributed by atoms with van der Waals surface area (Å²) < 4.78 is 53.6. The number of pyridine rings is 2. The van der Waals surface area contributed by atoms with Crippen molar-refractivity contribution in [2.24, 2.45) is 0 Å². The summed E-state index contributed by atoms with van der Waals surface area (Å²) in [5.74, 6) is 0. The molecule has 0 N–H and O–H groups in total. The van der Waals surface area contributed by atoms with Gasteiger partial charge in [-0.1, -0.05) is 104 Å². The summed E-state index contributed by atoms with van der Waals surface area (Å²) in [4.78, 5) is 8.87. The van der Waals surface area contributed by atoms with Gasteiger partial charge in [-0.3, -0.25) is 0 Å². The first-order chi connectivity index (χ1) is 24.5. The van der Waals surface area contributed by atoms with Crippen LogP contribution < -0.4 is 15.6 Å². The van der Waals surface area contributed by atoms with Crippen LogP contribution >= 0.6 is 0 Å². The number of furan rings is 1. The van der Waals surface area contributed by atoms with Crippen molar-refractivity contribution in [3.8, 4) is 33.6 Å². The van der Waals surface area contributed by atoms with Crippen molar-refractivity contribution in [1.82, 2.24) is 9.97 Å². The van der Waals surface area contributed by atoms with E-state index in [0.717, 1.165) is 39.4 Å². The predicted octanol–water partition coefficient (Wildman–Crippen LogP) is 8.96. The average Bonchev–Trinajstić information content (AvgIpc) is 3.60. The number of rotatable bonds is 3. The second-order valence-corrected chi connectivity index (χ2v) is 22.7. The van der Waals surface area contributed by atoms with Crippen LogP contribution in [0.2, 0.25) is 32.7 Å². The standard InChI is InChI=1S/C27H22NOSi.C14H16NSi.Ir/c1-16-14-22(28-15-17(16)2)20-10-7-9-18-19-12-13-24-25(27(19)29-26(18)20)21-8-5-6-11-23(21)30(24,3)4;1-16(2,3)13-9-10-14(15-11-13)12-7-5-4-6-8-12;/h5-9,11-15H,1-4H3;4-7,9-11H,1-3H3;/q2*-1;/i1D3,2D3;;. The average molecular weight is 829 g/mol. The van der Waals surface area contributed by atoms with E-state index >= 15 is 0 Å². The van der Waals surface area contributed by atoms with E-state index in [0.29, 0.717) is 16.8 Å². The SMILES string of the molecule is C[Si](C)(C)c1ccc(-c2[c-]cccc2)nc1.[2H]C([2H])([2H])c1cnc(-c2[c-]ccc3c2oc2c4c(ccc23)[Si](C)(C)c2ccccc2-4)cc1C([2H])([2H])[2H].[Ir]. The molecule has 7 aromatic rings. The number of fused-ring (bicyclic) bond motifs is 7. The van der Waals surface area contributed by atoms with Gasteiger partial charge < -0.3 is 14.4 Å². The summed E-state index contributed by atoms with van der Waals surface area (Å²) in [5, 5.41) is 5.94. The first-order valence-electron chi connectivity index (χ1n) is 18.4. The Morgan fingerprint density at radius 2 is 1.49 bits per heavy atom. The van der Waals surface area contributed by atoms with Gasteiger partial charge in [0.2, 0.25) is 0 Å². The minimum atomic E-state index is -2.61. The third-order valence-corrected chi connectivity index (χ3v) is 14.5. The summed E-state index contributed by atoms with van der Waals surface area (Å²) in [6, 6.07) is 36.4. The first-order valence-corrected chi connectivity index (χ1v) is 21.9. The Bertz CT molecular complexity index is 2450. The maximum atomic E-state index is 7.92. The van der Waals surface area contributed by atoms with Gasteiger partial charge in [0.1, 0.15) is 13.7 Å². The van der Waals surface area contributed by atoms with E-state index in [1.54, 1.807) is 6.07 Å². The quantitative estimate of drug-likeness (QED) is 0.132. The molecular weight excluding hydrogens is 785 g/mol. The Morgan fingerprint density at radius 3 is 2.21 bits per heavy atom. The number of benzene rings is 4. The summed E-state index contributed by atoms with van der Waals surface area (Å²) in [7, 11) is -3.10. The molecule has 1 radical (unpaired) electrons.